The second kappa shape index (κ2) is 5.50. The molecule has 3 nitrogen and oxygen atoms in total. The zero-order chi connectivity index (χ0) is 19.8. The maximum Gasteiger partial charge on any atom is 0.494 e. The molecule has 1 aliphatic heterocycles. The molecule has 1 aliphatic rings. The van der Waals surface area contributed by atoms with Crippen molar-refractivity contribution in [2.45, 2.75) is 38.9 Å². The third-order valence-corrected chi connectivity index (χ3v) is 6.47. The van der Waals surface area contributed by atoms with Crippen LogP contribution < -0.4 is 16.0 Å². The molecule has 0 unspecified atom stereocenters. The van der Waals surface area contributed by atoms with Crippen LogP contribution >= 0.6 is 0 Å². The number of benzene rings is 2. The van der Waals surface area contributed by atoms with Gasteiger partial charge in [0.25, 0.3) is 0 Å². The fraction of sp³-hybridized carbons (Fsp3) is 0.250. The maximum absolute atomic E-state index is 6.32. The highest BCUT2D eigenvalue weighted by Gasteiger charge is 2.51. The number of rotatable bonds is 2. The first-order chi connectivity index (χ1) is 13.2. The summed E-state index contributed by atoms with van der Waals surface area (Å²) in [5.41, 5.74) is 2.67. The number of nitrogens with zero attached hydrogens (tertiary/aromatic N) is 1. The molecule has 2 aromatic heterocycles. The maximum atomic E-state index is 6.32. The number of hydrogen-bond acceptors (Lipinski definition) is 2. The minimum absolute atomic E-state index is 0.369. The Bertz CT molecular complexity index is 1350. The van der Waals surface area contributed by atoms with Crippen LogP contribution in [0, 0.1) is 0 Å². The molecule has 1 saturated heterocycles. The molecule has 0 spiro atoms. The molecule has 0 atom stereocenters. The molecule has 0 saturated carbocycles. The number of allylic oxidation sites excluding steroid dienone is 1. The van der Waals surface area contributed by atoms with Gasteiger partial charge in [0.2, 0.25) is 0 Å². The molecule has 2 aromatic carbocycles. The zero-order valence-corrected chi connectivity index (χ0v) is 16.9. The van der Waals surface area contributed by atoms with Crippen LogP contribution in [0.3, 0.4) is 0 Å². The summed E-state index contributed by atoms with van der Waals surface area (Å²) < 4.78 is 14.9. The van der Waals surface area contributed by atoms with Crippen LogP contribution in [0.2, 0.25) is 0 Å². The molecule has 0 radical (unpaired) electrons. The fourth-order valence-electron chi connectivity index (χ4n) is 4.28. The smallest absolute Gasteiger partial charge is 0.399 e. The predicted octanol–water partition coefficient (Wildman–Crippen LogP) is 3.36. The standard InChI is InChI=1S/C24H24BNO2/c1-7-10-20-15(2)18-13-16(25-27-23(3,4)24(5,6)28-25)14-19-17-11-8-9-12-21(17)26(20)22(18)19/h7-14H,1-2H2,3-6H3/b20-10+. The van der Waals surface area contributed by atoms with E-state index >= 15 is 0 Å². The van der Waals surface area contributed by atoms with Crippen LogP contribution in [-0.2, 0) is 9.31 Å². The minimum atomic E-state index is -0.395. The van der Waals surface area contributed by atoms with Gasteiger partial charge in [0.1, 0.15) is 0 Å². The lowest BCUT2D eigenvalue weighted by atomic mass is 9.78. The molecular formula is C24H24BNO2. The average molecular weight is 369 g/mol. The number of hydrogen-bond donors (Lipinski definition) is 0. The van der Waals surface area contributed by atoms with Gasteiger partial charge in [0.05, 0.1) is 27.6 Å². The lowest BCUT2D eigenvalue weighted by Gasteiger charge is -2.32. The van der Waals surface area contributed by atoms with E-state index in [1.165, 1.54) is 21.8 Å². The predicted molar refractivity (Wildman–Crippen MR) is 119 cm³/mol. The van der Waals surface area contributed by atoms with Gasteiger partial charge in [-0.3, -0.25) is 0 Å². The van der Waals surface area contributed by atoms with Gasteiger partial charge < -0.3 is 13.7 Å². The van der Waals surface area contributed by atoms with Crippen LogP contribution in [0.1, 0.15) is 27.7 Å². The van der Waals surface area contributed by atoms with Crippen LogP contribution in [-0.4, -0.2) is 22.7 Å². The van der Waals surface area contributed by atoms with Crippen molar-refractivity contribution in [2.75, 3.05) is 0 Å². The van der Waals surface area contributed by atoms with E-state index in [4.69, 9.17) is 9.31 Å². The lowest BCUT2D eigenvalue weighted by molar-refractivity contribution is 0.00578. The quantitative estimate of drug-likeness (QED) is 0.506. The highest BCUT2D eigenvalue weighted by atomic mass is 16.7. The molecule has 4 heteroatoms. The second-order valence-electron chi connectivity index (χ2n) is 8.67. The van der Waals surface area contributed by atoms with Gasteiger partial charge in [-0.2, -0.15) is 0 Å². The number of aromatic nitrogens is 1. The summed E-state index contributed by atoms with van der Waals surface area (Å²) >= 11 is 0. The number of fused-ring (bicyclic) bond motifs is 3. The number of para-hydroxylation sites is 1. The van der Waals surface area contributed by atoms with E-state index in [-0.39, 0.29) is 11.2 Å². The van der Waals surface area contributed by atoms with Gasteiger partial charge in [-0.15, -0.1) is 0 Å². The summed E-state index contributed by atoms with van der Waals surface area (Å²) in [6.07, 6.45) is 3.85. The van der Waals surface area contributed by atoms with Crippen LogP contribution in [0.25, 0.3) is 39.8 Å². The Hall–Kier alpha value is -2.56. The topological polar surface area (TPSA) is 22.9 Å². The second-order valence-corrected chi connectivity index (χ2v) is 8.67. The van der Waals surface area contributed by atoms with E-state index < -0.39 is 7.12 Å². The van der Waals surface area contributed by atoms with Gasteiger partial charge in [-0.1, -0.05) is 49.6 Å². The first kappa shape index (κ1) is 17.5. The van der Waals surface area contributed by atoms with Gasteiger partial charge in [0, 0.05) is 21.4 Å². The Labute approximate surface area is 165 Å². The average Bonchev–Trinajstić information content (AvgIpc) is 3.20. The van der Waals surface area contributed by atoms with Crippen molar-refractivity contribution in [1.82, 2.24) is 4.40 Å². The van der Waals surface area contributed by atoms with Gasteiger partial charge in [-0.05, 0) is 45.3 Å². The molecule has 1 fully saturated rings. The van der Waals surface area contributed by atoms with Crippen molar-refractivity contribution >= 4 is 52.4 Å². The van der Waals surface area contributed by atoms with E-state index in [0.717, 1.165) is 21.4 Å². The van der Waals surface area contributed by atoms with E-state index in [1.54, 1.807) is 0 Å². The fourth-order valence-corrected chi connectivity index (χ4v) is 4.28. The normalized spacial score (nSPS) is 19.4. The summed E-state index contributed by atoms with van der Waals surface area (Å²) in [7, 11) is -0.395. The minimum Gasteiger partial charge on any atom is -0.399 e. The summed E-state index contributed by atoms with van der Waals surface area (Å²) in [6.45, 7) is 16.6. The summed E-state index contributed by atoms with van der Waals surface area (Å²) in [4.78, 5) is 0. The molecule has 0 amide bonds. The van der Waals surface area contributed by atoms with Crippen molar-refractivity contribution in [1.29, 1.82) is 0 Å². The van der Waals surface area contributed by atoms with E-state index in [9.17, 15) is 0 Å². The van der Waals surface area contributed by atoms with E-state index in [1.807, 2.05) is 12.2 Å². The molecule has 3 heterocycles. The van der Waals surface area contributed by atoms with Crippen LogP contribution in [0.4, 0.5) is 0 Å². The Morgan fingerprint density at radius 1 is 0.964 bits per heavy atom. The van der Waals surface area contributed by atoms with Crippen LogP contribution in [0.5, 0.6) is 0 Å². The van der Waals surface area contributed by atoms with Crippen molar-refractivity contribution in [3.63, 3.8) is 0 Å². The third-order valence-electron chi connectivity index (χ3n) is 6.47. The Morgan fingerprint density at radius 2 is 1.61 bits per heavy atom. The van der Waals surface area contributed by atoms with Crippen molar-refractivity contribution in [3.8, 4) is 0 Å². The summed E-state index contributed by atoms with van der Waals surface area (Å²) in [5, 5.41) is 5.63. The first-order valence-electron chi connectivity index (χ1n) is 9.71. The van der Waals surface area contributed by atoms with Gasteiger partial charge in [-0.25, -0.2) is 0 Å². The molecule has 0 aliphatic carbocycles. The Kier molecular flexibility index (Phi) is 3.44. The molecule has 140 valence electrons. The van der Waals surface area contributed by atoms with Crippen molar-refractivity contribution < 1.29 is 9.31 Å². The van der Waals surface area contributed by atoms with E-state index in [0.29, 0.717) is 0 Å². The SMILES string of the molecule is C=C/C=c1\c(=C)c2cc(B3OC(C)(C)C(C)(C)O3)cc3c4ccccc4n1c23. The highest BCUT2D eigenvalue weighted by Crippen LogP contribution is 2.37. The van der Waals surface area contributed by atoms with Gasteiger partial charge in [0.15, 0.2) is 0 Å². The van der Waals surface area contributed by atoms with E-state index in [2.05, 4.69) is 81.7 Å². The van der Waals surface area contributed by atoms with Crippen molar-refractivity contribution in [2.24, 2.45) is 0 Å². The third kappa shape index (κ3) is 2.13. The highest BCUT2D eigenvalue weighted by molar-refractivity contribution is 6.62. The summed E-state index contributed by atoms with van der Waals surface area (Å²) in [5.74, 6) is 0. The largest absolute Gasteiger partial charge is 0.494 e. The molecular weight excluding hydrogens is 345 g/mol. The van der Waals surface area contributed by atoms with Gasteiger partial charge >= 0.3 is 7.12 Å². The molecule has 5 rings (SSSR count). The lowest BCUT2D eigenvalue weighted by Crippen LogP contribution is -2.41. The van der Waals surface area contributed by atoms with Crippen LogP contribution in [0.15, 0.2) is 49.1 Å². The molecule has 0 bridgehead atoms. The molecule has 28 heavy (non-hydrogen) atoms. The summed E-state index contributed by atoms with van der Waals surface area (Å²) in [6, 6.07) is 12.9. The molecule has 0 N–H and O–H groups in total. The Morgan fingerprint density at radius 3 is 2.29 bits per heavy atom. The molecule has 4 aromatic rings. The van der Waals surface area contributed by atoms with Crippen molar-refractivity contribution in [3.05, 3.63) is 59.6 Å². The monoisotopic (exact) mass is 369 g/mol. The zero-order valence-electron chi connectivity index (χ0n) is 16.9. The Balaban J connectivity index is 1.88. The first-order valence-corrected chi connectivity index (χ1v) is 9.71.